The summed E-state index contributed by atoms with van der Waals surface area (Å²) in [6.07, 6.45) is 2.32. The van der Waals surface area contributed by atoms with Crippen LogP contribution in [0.5, 0.6) is 0 Å². The molecule has 2 rings (SSSR count). The summed E-state index contributed by atoms with van der Waals surface area (Å²) in [6, 6.07) is 0.0136. The Hall–Kier alpha value is -0.610. The van der Waals surface area contributed by atoms with Gasteiger partial charge in [-0.1, -0.05) is 0 Å². The van der Waals surface area contributed by atoms with Crippen LogP contribution in [-0.2, 0) is 4.79 Å². The van der Waals surface area contributed by atoms with Crippen molar-refractivity contribution >= 4 is 5.91 Å². The maximum Gasteiger partial charge on any atom is 0.239 e. The van der Waals surface area contributed by atoms with Crippen molar-refractivity contribution < 1.29 is 4.79 Å². The molecule has 0 radical (unpaired) electrons. The SMILES string of the molecule is CC(C(=O)N1CCCC1)N1CC(C)(N)C1. The van der Waals surface area contributed by atoms with E-state index in [4.69, 9.17) is 5.73 Å². The van der Waals surface area contributed by atoms with E-state index in [1.165, 1.54) is 0 Å². The summed E-state index contributed by atoms with van der Waals surface area (Å²) in [5, 5.41) is 0. The fourth-order valence-corrected chi connectivity index (χ4v) is 2.51. The number of rotatable bonds is 2. The molecule has 2 heterocycles. The predicted octanol–water partition coefficient (Wildman–Crippen LogP) is 0.0303. The van der Waals surface area contributed by atoms with Gasteiger partial charge in [-0.15, -0.1) is 0 Å². The quantitative estimate of drug-likeness (QED) is 0.701. The van der Waals surface area contributed by atoms with Gasteiger partial charge in [0.05, 0.1) is 6.04 Å². The molecule has 0 saturated carbocycles. The molecule has 1 atom stereocenters. The lowest BCUT2D eigenvalue weighted by Crippen LogP contribution is -2.69. The van der Waals surface area contributed by atoms with Gasteiger partial charge in [-0.25, -0.2) is 0 Å². The summed E-state index contributed by atoms with van der Waals surface area (Å²) in [4.78, 5) is 16.2. The molecule has 2 fully saturated rings. The van der Waals surface area contributed by atoms with Crippen LogP contribution in [0.3, 0.4) is 0 Å². The smallest absolute Gasteiger partial charge is 0.239 e. The monoisotopic (exact) mass is 211 g/mol. The summed E-state index contributed by atoms with van der Waals surface area (Å²) in [6.45, 7) is 7.60. The van der Waals surface area contributed by atoms with Crippen LogP contribution in [0.15, 0.2) is 0 Å². The number of hydrogen-bond acceptors (Lipinski definition) is 3. The molecule has 2 N–H and O–H groups in total. The van der Waals surface area contributed by atoms with Crippen molar-refractivity contribution in [3.8, 4) is 0 Å². The Bertz CT molecular complexity index is 251. The summed E-state index contributed by atoms with van der Waals surface area (Å²) in [5.74, 6) is 0.281. The van der Waals surface area contributed by atoms with Gasteiger partial charge >= 0.3 is 0 Å². The molecule has 4 nitrogen and oxygen atoms in total. The Morgan fingerprint density at radius 1 is 1.33 bits per heavy atom. The van der Waals surface area contributed by atoms with Crippen molar-refractivity contribution in [2.45, 2.75) is 38.3 Å². The van der Waals surface area contributed by atoms with E-state index in [2.05, 4.69) is 4.90 Å². The fraction of sp³-hybridized carbons (Fsp3) is 0.909. The lowest BCUT2D eigenvalue weighted by atomic mass is 9.92. The van der Waals surface area contributed by atoms with Gasteiger partial charge in [-0.3, -0.25) is 9.69 Å². The zero-order chi connectivity index (χ0) is 11.1. The number of nitrogens with zero attached hydrogens (tertiary/aromatic N) is 2. The first-order valence-corrected chi connectivity index (χ1v) is 5.81. The third-order valence-electron chi connectivity index (χ3n) is 3.45. The molecule has 0 spiro atoms. The van der Waals surface area contributed by atoms with Crippen molar-refractivity contribution in [3.05, 3.63) is 0 Å². The molecule has 0 bridgehead atoms. The Morgan fingerprint density at radius 2 is 1.87 bits per heavy atom. The normalized spacial score (nSPS) is 27.5. The van der Waals surface area contributed by atoms with Crippen LogP contribution in [0.2, 0.25) is 0 Å². The highest BCUT2D eigenvalue weighted by atomic mass is 16.2. The molecule has 15 heavy (non-hydrogen) atoms. The van der Waals surface area contributed by atoms with E-state index in [-0.39, 0.29) is 17.5 Å². The first-order chi connectivity index (χ1) is 6.99. The molecule has 1 amide bonds. The minimum Gasteiger partial charge on any atom is -0.341 e. The average molecular weight is 211 g/mol. The molecule has 0 aromatic rings. The lowest BCUT2D eigenvalue weighted by molar-refractivity contribution is -0.138. The minimum atomic E-state index is -0.0838. The van der Waals surface area contributed by atoms with Crippen LogP contribution in [0.4, 0.5) is 0 Å². The van der Waals surface area contributed by atoms with Gasteiger partial charge in [0.25, 0.3) is 0 Å². The van der Waals surface area contributed by atoms with Crippen molar-refractivity contribution in [2.75, 3.05) is 26.2 Å². The van der Waals surface area contributed by atoms with Crippen LogP contribution in [0.1, 0.15) is 26.7 Å². The molecule has 0 aliphatic carbocycles. The maximum absolute atomic E-state index is 12.0. The lowest BCUT2D eigenvalue weighted by Gasteiger charge is -2.48. The number of nitrogens with two attached hydrogens (primary N) is 1. The third kappa shape index (κ3) is 2.16. The van der Waals surface area contributed by atoms with Gasteiger partial charge in [0.15, 0.2) is 0 Å². The fourth-order valence-electron chi connectivity index (χ4n) is 2.51. The molecule has 0 aromatic carbocycles. The standard InChI is InChI=1S/C11H21N3O/c1-9(14-7-11(2,12)8-14)10(15)13-5-3-4-6-13/h9H,3-8,12H2,1-2H3. The van der Waals surface area contributed by atoms with Gasteiger partial charge in [0.2, 0.25) is 5.91 Å². The summed E-state index contributed by atoms with van der Waals surface area (Å²) >= 11 is 0. The molecular formula is C11H21N3O. The van der Waals surface area contributed by atoms with E-state index < -0.39 is 0 Å². The Labute approximate surface area is 91.4 Å². The number of hydrogen-bond donors (Lipinski definition) is 1. The highest BCUT2D eigenvalue weighted by Gasteiger charge is 2.40. The average Bonchev–Trinajstić information content (AvgIpc) is 2.64. The highest BCUT2D eigenvalue weighted by Crippen LogP contribution is 2.22. The van der Waals surface area contributed by atoms with Crippen LogP contribution in [-0.4, -0.2) is 53.5 Å². The molecule has 86 valence electrons. The minimum absolute atomic E-state index is 0.0136. The summed E-state index contributed by atoms with van der Waals surface area (Å²) in [7, 11) is 0. The molecule has 0 aromatic heterocycles. The van der Waals surface area contributed by atoms with Gasteiger partial charge in [-0.2, -0.15) is 0 Å². The molecule has 1 unspecified atom stereocenters. The zero-order valence-electron chi connectivity index (χ0n) is 9.70. The van der Waals surface area contributed by atoms with E-state index in [1.807, 2.05) is 18.7 Å². The van der Waals surface area contributed by atoms with E-state index in [9.17, 15) is 4.79 Å². The maximum atomic E-state index is 12.0. The second kappa shape index (κ2) is 3.76. The third-order valence-corrected chi connectivity index (χ3v) is 3.45. The van der Waals surface area contributed by atoms with Crippen LogP contribution in [0, 0.1) is 0 Å². The van der Waals surface area contributed by atoms with Gasteiger partial charge in [0.1, 0.15) is 0 Å². The van der Waals surface area contributed by atoms with Gasteiger partial charge < -0.3 is 10.6 Å². The van der Waals surface area contributed by atoms with E-state index in [0.717, 1.165) is 39.0 Å². The molecule has 2 aliphatic heterocycles. The van der Waals surface area contributed by atoms with E-state index in [1.54, 1.807) is 0 Å². The first-order valence-electron chi connectivity index (χ1n) is 5.81. The predicted molar refractivity (Wildman–Crippen MR) is 59.4 cm³/mol. The number of carbonyl (C=O) groups is 1. The topological polar surface area (TPSA) is 49.6 Å². The van der Waals surface area contributed by atoms with E-state index >= 15 is 0 Å². The van der Waals surface area contributed by atoms with Crippen molar-refractivity contribution in [3.63, 3.8) is 0 Å². The van der Waals surface area contributed by atoms with Crippen molar-refractivity contribution in [1.29, 1.82) is 0 Å². The van der Waals surface area contributed by atoms with Gasteiger partial charge in [0, 0.05) is 31.7 Å². The van der Waals surface area contributed by atoms with Crippen molar-refractivity contribution in [2.24, 2.45) is 5.73 Å². The first kappa shape index (κ1) is 10.9. The van der Waals surface area contributed by atoms with Crippen LogP contribution < -0.4 is 5.73 Å². The zero-order valence-corrected chi connectivity index (χ0v) is 9.70. The Kier molecular flexibility index (Phi) is 2.73. The van der Waals surface area contributed by atoms with Crippen molar-refractivity contribution in [1.82, 2.24) is 9.80 Å². The number of carbonyl (C=O) groups excluding carboxylic acids is 1. The second-order valence-electron chi connectivity index (χ2n) is 5.27. The molecule has 2 aliphatic rings. The molecule has 4 heteroatoms. The van der Waals surface area contributed by atoms with Crippen LogP contribution in [0.25, 0.3) is 0 Å². The summed E-state index contributed by atoms with van der Waals surface area (Å²) in [5.41, 5.74) is 5.85. The number of amides is 1. The van der Waals surface area contributed by atoms with Gasteiger partial charge in [-0.05, 0) is 26.7 Å². The molecule has 2 saturated heterocycles. The highest BCUT2D eigenvalue weighted by molar-refractivity contribution is 5.81. The second-order valence-corrected chi connectivity index (χ2v) is 5.27. The Morgan fingerprint density at radius 3 is 2.33 bits per heavy atom. The largest absolute Gasteiger partial charge is 0.341 e. The van der Waals surface area contributed by atoms with Crippen LogP contribution >= 0.6 is 0 Å². The Balaban J connectivity index is 1.85. The number of likely N-dealkylation sites (tertiary alicyclic amines) is 2. The summed E-state index contributed by atoms with van der Waals surface area (Å²) < 4.78 is 0. The van der Waals surface area contributed by atoms with E-state index in [0.29, 0.717) is 0 Å². The molecular weight excluding hydrogens is 190 g/mol.